The molecule has 2 heteroatoms. The van der Waals surface area contributed by atoms with Gasteiger partial charge in [0, 0.05) is 13.7 Å². The summed E-state index contributed by atoms with van der Waals surface area (Å²) >= 11 is 0. The fraction of sp³-hybridized carbons (Fsp3) is 1.00. The number of hydrogen-bond donors (Lipinski definition) is 1. The van der Waals surface area contributed by atoms with Gasteiger partial charge in [0.25, 0.3) is 0 Å². The van der Waals surface area contributed by atoms with Crippen molar-refractivity contribution < 1.29 is 4.74 Å². The first-order chi connectivity index (χ1) is 5.91. The zero-order chi connectivity index (χ0) is 9.07. The van der Waals surface area contributed by atoms with E-state index in [0.717, 1.165) is 13.2 Å². The van der Waals surface area contributed by atoms with E-state index >= 15 is 0 Å². The first kappa shape index (κ1) is 15.4. The first-order valence-electron chi connectivity index (χ1n) is 5.11. The molecule has 0 unspecified atom stereocenters. The van der Waals surface area contributed by atoms with Gasteiger partial charge in [-0.15, -0.1) is 0 Å². The Morgan fingerprint density at radius 2 is 1.69 bits per heavy atom. The van der Waals surface area contributed by atoms with Crippen LogP contribution < -0.4 is 5.32 Å². The summed E-state index contributed by atoms with van der Waals surface area (Å²) in [5.41, 5.74) is 0. The topological polar surface area (TPSA) is 21.3 Å². The Morgan fingerprint density at radius 1 is 1.00 bits per heavy atom. The molecule has 0 heterocycles. The second-order valence-corrected chi connectivity index (χ2v) is 3.16. The average molecular weight is 189 g/mol. The molecule has 1 N–H and O–H groups in total. The molecule has 82 valence electrons. The lowest BCUT2D eigenvalue weighted by Crippen LogP contribution is -2.15. The molecule has 0 amide bonds. The highest BCUT2D eigenvalue weighted by molar-refractivity contribution is 4.47. The van der Waals surface area contributed by atoms with Crippen LogP contribution in [0.25, 0.3) is 0 Å². The van der Waals surface area contributed by atoms with Gasteiger partial charge in [-0.1, -0.05) is 27.2 Å². The number of hydrogen-bond acceptors (Lipinski definition) is 2. The molecule has 0 aromatic heterocycles. The summed E-state index contributed by atoms with van der Waals surface area (Å²) in [6, 6.07) is 0. The molecule has 0 aromatic carbocycles. The van der Waals surface area contributed by atoms with Crippen molar-refractivity contribution in [3.63, 3.8) is 0 Å². The maximum absolute atomic E-state index is 4.97. The van der Waals surface area contributed by atoms with Gasteiger partial charge in [-0.2, -0.15) is 0 Å². The summed E-state index contributed by atoms with van der Waals surface area (Å²) in [5, 5.41) is 3.39. The van der Waals surface area contributed by atoms with E-state index in [4.69, 9.17) is 4.74 Å². The molecule has 0 fully saturated rings. The van der Waals surface area contributed by atoms with Crippen molar-refractivity contribution in [1.82, 2.24) is 5.32 Å². The molecule has 0 aliphatic carbocycles. The van der Waals surface area contributed by atoms with Crippen molar-refractivity contribution in [1.29, 1.82) is 0 Å². The lowest BCUT2D eigenvalue weighted by molar-refractivity contribution is 0.192. The quantitative estimate of drug-likeness (QED) is 0.563. The van der Waals surface area contributed by atoms with Crippen LogP contribution in [-0.2, 0) is 4.74 Å². The van der Waals surface area contributed by atoms with Crippen LogP contribution in [0.3, 0.4) is 0 Å². The zero-order valence-electron chi connectivity index (χ0n) is 8.57. The lowest BCUT2D eigenvalue weighted by atomic mass is 10.2. The van der Waals surface area contributed by atoms with Gasteiger partial charge >= 0.3 is 0 Å². The van der Waals surface area contributed by atoms with Gasteiger partial charge in [0.2, 0.25) is 0 Å². The van der Waals surface area contributed by atoms with Gasteiger partial charge in [-0.05, 0) is 32.4 Å². The van der Waals surface area contributed by atoms with Gasteiger partial charge in [0.05, 0.1) is 0 Å². The molecule has 0 atom stereocenters. The maximum atomic E-state index is 4.97. The smallest absolute Gasteiger partial charge is 0.0462 e. The molecule has 13 heavy (non-hydrogen) atoms. The average Bonchev–Trinajstić information content (AvgIpc) is 2.10. The van der Waals surface area contributed by atoms with Gasteiger partial charge in [-0.3, -0.25) is 0 Å². The first-order valence-corrected chi connectivity index (χ1v) is 5.11. The van der Waals surface area contributed by atoms with Crippen molar-refractivity contribution in [2.24, 2.45) is 0 Å². The molecule has 0 radical (unpaired) electrons. The van der Waals surface area contributed by atoms with Crippen LogP contribution in [0, 0.1) is 0 Å². The van der Waals surface area contributed by atoms with Crippen LogP contribution in [-0.4, -0.2) is 26.8 Å². The van der Waals surface area contributed by atoms with Crippen molar-refractivity contribution in [3.05, 3.63) is 0 Å². The molecular formula is C11H27NO. The Morgan fingerprint density at radius 3 is 2.31 bits per heavy atom. The molecule has 0 aromatic rings. The van der Waals surface area contributed by atoms with Crippen LogP contribution in [0.1, 0.15) is 46.5 Å². The summed E-state index contributed by atoms with van der Waals surface area (Å²) in [5.74, 6) is 0. The molecule has 0 bridgehead atoms. The molecular weight excluding hydrogens is 162 g/mol. The fourth-order valence-corrected chi connectivity index (χ4v) is 1.15. The standard InChI is InChI=1S/C10H23NO.CH4/c1-3-8-11-9-6-4-5-7-10-12-2;/h11H,3-10H2,1-2H3;1H4. The fourth-order valence-electron chi connectivity index (χ4n) is 1.15. The van der Waals surface area contributed by atoms with E-state index in [2.05, 4.69) is 12.2 Å². The maximum Gasteiger partial charge on any atom is 0.0462 e. The van der Waals surface area contributed by atoms with Crippen molar-refractivity contribution in [3.8, 4) is 0 Å². The van der Waals surface area contributed by atoms with Crippen molar-refractivity contribution in [2.75, 3.05) is 26.8 Å². The van der Waals surface area contributed by atoms with Gasteiger partial charge in [0.15, 0.2) is 0 Å². The van der Waals surface area contributed by atoms with Gasteiger partial charge < -0.3 is 10.1 Å². The number of nitrogens with one attached hydrogen (secondary N) is 1. The third-order valence-electron chi connectivity index (χ3n) is 1.88. The third-order valence-corrected chi connectivity index (χ3v) is 1.88. The summed E-state index contributed by atoms with van der Waals surface area (Å²) in [4.78, 5) is 0. The van der Waals surface area contributed by atoms with Crippen molar-refractivity contribution >= 4 is 0 Å². The minimum atomic E-state index is 0. The highest BCUT2D eigenvalue weighted by Gasteiger charge is 1.89. The van der Waals surface area contributed by atoms with Crippen molar-refractivity contribution in [2.45, 2.75) is 46.5 Å². The minimum Gasteiger partial charge on any atom is -0.385 e. The summed E-state index contributed by atoms with van der Waals surface area (Å²) in [6.07, 6.45) is 6.40. The van der Waals surface area contributed by atoms with E-state index in [0.29, 0.717) is 0 Å². The molecule has 0 saturated carbocycles. The van der Waals surface area contributed by atoms with E-state index < -0.39 is 0 Å². The lowest BCUT2D eigenvalue weighted by Gasteiger charge is -2.02. The Labute approximate surface area is 84.1 Å². The second kappa shape index (κ2) is 14.4. The molecule has 2 nitrogen and oxygen atoms in total. The van der Waals surface area contributed by atoms with E-state index in [9.17, 15) is 0 Å². The SMILES string of the molecule is C.CCCNCCCCCCOC. The summed E-state index contributed by atoms with van der Waals surface area (Å²) in [7, 11) is 1.77. The zero-order valence-corrected chi connectivity index (χ0v) is 8.57. The normalized spacial score (nSPS) is 9.69. The van der Waals surface area contributed by atoms with Crippen LogP contribution in [0.4, 0.5) is 0 Å². The highest BCUT2D eigenvalue weighted by Crippen LogP contribution is 1.98. The van der Waals surface area contributed by atoms with E-state index in [1.165, 1.54) is 38.6 Å². The Hall–Kier alpha value is -0.0800. The predicted octanol–water partition coefficient (Wildman–Crippen LogP) is 2.83. The highest BCUT2D eigenvalue weighted by atomic mass is 16.5. The number of methoxy groups -OCH3 is 1. The van der Waals surface area contributed by atoms with E-state index in [1.807, 2.05) is 0 Å². The molecule has 0 saturated heterocycles. The summed E-state index contributed by atoms with van der Waals surface area (Å²) in [6.45, 7) is 5.47. The summed E-state index contributed by atoms with van der Waals surface area (Å²) < 4.78 is 4.97. The largest absolute Gasteiger partial charge is 0.385 e. The van der Waals surface area contributed by atoms with Crippen LogP contribution >= 0.6 is 0 Å². The molecule has 0 rings (SSSR count). The third kappa shape index (κ3) is 14.7. The number of unbranched alkanes of at least 4 members (excludes halogenated alkanes) is 3. The monoisotopic (exact) mass is 189 g/mol. The molecule has 0 spiro atoms. The minimum absolute atomic E-state index is 0. The Balaban J connectivity index is 0. The van der Waals surface area contributed by atoms with Crippen LogP contribution in [0.2, 0.25) is 0 Å². The molecule has 0 aliphatic heterocycles. The van der Waals surface area contributed by atoms with Gasteiger partial charge in [0.1, 0.15) is 0 Å². The number of ether oxygens (including phenoxy) is 1. The van der Waals surface area contributed by atoms with E-state index in [1.54, 1.807) is 7.11 Å². The Kier molecular flexibility index (Phi) is 17.1. The van der Waals surface area contributed by atoms with E-state index in [-0.39, 0.29) is 7.43 Å². The molecule has 0 aliphatic rings. The van der Waals surface area contributed by atoms with Gasteiger partial charge in [-0.25, -0.2) is 0 Å². The van der Waals surface area contributed by atoms with Crippen LogP contribution in [0.15, 0.2) is 0 Å². The predicted molar refractivity (Wildman–Crippen MR) is 60.2 cm³/mol. The van der Waals surface area contributed by atoms with Crippen LogP contribution in [0.5, 0.6) is 0 Å². The number of rotatable bonds is 9. The Bertz CT molecular complexity index is 66.5. The second-order valence-electron chi connectivity index (χ2n) is 3.16.